The molecular weight excluding hydrogens is 909 g/mol. The van der Waals surface area contributed by atoms with E-state index in [9.17, 15) is 0 Å². The molecule has 0 aromatic heterocycles. The maximum atomic E-state index is 3.12. The van der Waals surface area contributed by atoms with E-state index in [-0.39, 0.29) is 76.5 Å². The molecule has 0 saturated heterocycles. The Kier molecular flexibility index (Phi) is 55.3. The van der Waals surface area contributed by atoms with Gasteiger partial charge in [0, 0.05) is 51.7 Å². The first-order chi connectivity index (χ1) is 14.4. The van der Waals surface area contributed by atoms with E-state index >= 15 is 0 Å². The molecule has 0 unspecified atom stereocenters. The minimum absolute atomic E-state index is 0. The summed E-state index contributed by atoms with van der Waals surface area (Å²) in [5.41, 5.74) is 5.09. The minimum atomic E-state index is 0. The molecule has 0 aliphatic heterocycles. The van der Waals surface area contributed by atoms with Crippen molar-refractivity contribution < 1.29 is 76.5 Å². The molecule has 0 bridgehead atoms. The van der Waals surface area contributed by atoms with Crippen molar-refractivity contribution in [1.29, 1.82) is 0 Å². The van der Waals surface area contributed by atoms with Crippen LogP contribution in [-0.2, 0) is 51.7 Å². The molecule has 0 fully saturated rings. The third-order valence-electron chi connectivity index (χ3n) is 3.47. The fraction of sp³-hybridized carbons (Fsp3) is 0.429. The monoisotopic (exact) mass is 956 g/mol. The summed E-state index contributed by atoms with van der Waals surface area (Å²) in [6, 6.07) is 0. The van der Waals surface area contributed by atoms with Crippen molar-refractivity contribution in [3.8, 4) is 0 Å². The van der Waals surface area contributed by atoms with Crippen LogP contribution in [-0.4, -0.2) is 30.9 Å². The van der Waals surface area contributed by atoms with Gasteiger partial charge in [-0.05, 0) is 0 Å². The van der Waals surface area contributed by atoms with Crippen LogP contribution in [0, 0.1) is 24.3 Å². The van der Waals surface area contributed by atoms with Gasteiger partial charge < -0.3 is 24.8 Å². The molecule has 4 rings (SSSR count). The zero-order valence-electron chi connectivity index (χ0n) is 22.4. The molecule has 0 spiro atoms. The molecule has 2 radical (unpaired) electrons. The number of hydrogen-bond acceptors (Lipinski definition) is 0. The summed E-state index contributed by atoms with van der Waals surface area (Å²) in [5, 5.41) is 0. The van der Waals surface area contributed by atoms with E-state index in [4.69, 9.17) is 0 Å². The van der Waals surface area contributed by atoms with Crippen molar-refractivity contribution in [2.45, 2.75) is 76.4 Å². The molecule has 0 nitrogen and oxygen atoms in total. The summed E-state index contributed by atoms with van der Waals surface area (Å²) in [4.78, 5) is 0. The number of hydrogen-bond donors (Lipinski definition) is 0. The van der Waals surface area contributed by atoms with Crippen LogP contribution in [0.25, 0.3) is 0 Å². The van der Waals surface area contributed by atoms with E-state index in [1.165, 1.54) is 22.3 Å². The molecule has 4 aliphatic rings. The van der Waals surface area contributed by atoms with Crippen molar-refractivity contribution in [2.75, 3.05) is 0 Å². The molecule has 0 atom stereocenters. The smallest absolute Gasteiger partial charge is 0 e. The van der Waals surface area contributed by atoms with Gasteiger partial charge in [0.1, 0.15) is 0 Å². The molecule has 0 amide bonds. The van der Waals surface area contributed by atoms with Gasteiger partial charge in [0.15, 0.2) is 0 Å². The SMILES string of the molecule is CC1=[C-]CC=C1.CC1=[C-]CC=C1.CC1=[C-]CC=C1.CC1=[C-]CC=C1.[CH3][GeH][CH3].[CH3][GeH][CH3].[Cl-].[Cl-].[Hf].[Hf]. The largest absolute Gasteiger partial charge is 1.00 e. The fourth-order valence-corrected chi connectivity index (χ4v) is 2.06. The van der Waals surface area contributed by atoms with Crippen molar-refractivity contribution >= 4 is 30.9 Å². The van der Waals surface area contributed by atoms with Gasteiger partial charge in [0.05, 0.1) is 0 Å². The zero-order chi connectivity index (χ0) is 23.0. The summed E-state index contributed by atoms with van der Waals surface area (Å²) < 4.78 is 0. The quantitative estimate of drug-likeness (QED) is 0.257. The summed E-state index contributed by atoms with van der Waals surface area (Å²) in [7, 11) is 0. The second-order valence-corrected chi connectivity index (χ2v) is 11.9. The third kappa shape index (κ3) is 40.5. The van der Waals surface area contributed by atoms with Crippen LogP contribution in [0.5, 0.6) is 0 Å². The van der Waals surface area contributed by atoms with Crippen LogP contribution in [0.1, 0.15) is 53.4 Å². The molecule has 190 valence electrons. The van der Waals surface area contributed by atoms with Crippen LogP contribution in [0.2, 0.25) is 23.0 Å². The van der Waals surface area contributed by atoms with Crippen LogP contribution in [0.4, 0.5) is 0 Å². The molecule has 0 heterocycles. The molecule has 34 heavy (non-hydrogen) atoms. The molecule has 0 N–H and O–H groups in total. The molecule has 0 aromatic rings. The molecule has 0 saturated carbocycles. The van der Waals surface area contributed by atoms with Gasteiger partial charge in [-0.2, -0.15) is 24.3 Å². The summed E-state index contributed by atoms with van der Waals surface area (Å²) in [5.74, 6) is 9.12. The van der Waals surface area contributed by atoms with E-state index in [1.54, 1.807) is 0 Å². The Morgan fingerprint density at radius 1 is 0.471 bits per heavy atom. The van der Waals surface area contributed by atoms with Crippen LogP contribution in [0.3, 0.4) is 0 Å². The van der Waals surface area contributed by atoms with E-state index in [1.807, 2.05) is 0 Å². The van der Waals surface area contributed by atoms with Gasteiger partial charge in [0.25, 0.3) is 0 Å². The van der Waals surface area contributed by atoms with Crippen LogP contribution < -0.4 is 24.8 Å². The van der Waals surface area contributed by atoms with Gasteiger partial charge in [-0.15, -0.1) is 25.7 Å². The molecule has 0 aromatic carbocycles. The number of halogens is 2. The van der Waals surface area contributed by atoms with Crippen molar-refractivity contribution in [2.24, 2.45) is 0 Å². The average molecular weight is 952 g/mol. The predicted molar refractivity (Wildman–Crippen MR) is 143 cm³/mol. The Hall–Kier alpha value is 1.33. The Labute approximate surface area is 275 Å². The predicted octanol–water partition coefficient (Wildman–Crippen LogP) is 1.82. The van der Waals surface area contributed by atoms with Crippen LogP contribution >= 0.6 is 0 Å². The first-order valence-electron chi connectivity index (χ1n) is 10.8. The minimum Gasteiger partial charge on any atom is -1.00 e. The van der Waals surface area contributed by atoms with E-state index in [2.05, 4.69) is 124 Å². The van der Waals surface area contributed by atoms with Gasteiger partial charge >= 0.3 is 53.9 Å². The Balaban J connectivity index is -0.0000000690. The van der Waals surface area contributed by atoms with Crippen molar-refractivity contribution in [1.82, 2.24) is 0 Å². The average Bonchev–Trinajstić information content (AvgIpc) is 3.49. The van der Waals surface area contributed by atoms with Gasteiger partial charge in [-0.1, -0.05) is 27.7 Å². The molecular formula is C28H42Cl2Ge2Hf2-6. The number of allylic oxidation sites excluding steroid dienone is 16. The summed E-state index contributed by atoms with van der Waals surface area (Å²) >= 11 is 0.625. The van der Waals surface area contributed by atoms with E-state index in [0.29, 0.717) is 30.9 Å². The fourth-order valence-electron chi connectivity index (χ4n) is 2.06. The Morgan fingerprint density at radius 3 is 0.647 bits per heavy atom. The van der Waals surface area contributed by atoms with E-state index < -0.39 is 0 Å². The topological polar surface area (TPSA) is 0 Å². The second-order valence-electron chi connectivity index (χ2n) is 7.02. The third-order valence-corrected chi connectivity index (χ3v) is 3.47. The summed E-state index contributed by atoms with van der Waals surface area (Å²) in [6.45, 7) is 8.24. The maximum Gasteiger partial charge on any atom is 0 e. The first-order valence-corrected chi connectivity index (χ1v) is 20.5. The van der Waals surface area contributed by atoms with Crippen molar-refractivity contribution in [3.05, 3.63) is 95.2 Å². The standard InChI is InChI=1S/4C6H7.2C2H7Ge.2ClH.2Hf/c4*1-6-4-2-3-5-6;2*1-3-2;;;;/h4*2,4H,3H2,1H3;2*3H,1-2H3;2*1H;;/q4*-1;;;;;;/p-2. The first kappa shape index (κ1) is 48.4. The van der Waals surface area contributed by atoms with E-state index in [0.717, 1.165) is 25.7 Å². The van der Waals surface area contributed by atoms with Gasteiger partial charge in [-0.25, -0.2) is 46.6 Å². The Bertz CT molecular complexity index is 547. The Morgan fingerprint density at radius 2 is 0.618 bits per heavy atom. The van der Waals surface area contributed by atoms with Crippen molar-refractivity contribution in [3.63, 3.8) is 0 Å². The summed E-state index contributed by atoms with van der Waals surface area (Å²) in [6.07, 6.45) is 33.3. The second kappa shape index (κ2) is 38.8. The molecule has 4 aliphatic carbocycles. The van der Waals surface area contributed by atoms with Gasteiger partial charge in [-0.3, -0.25) is 24.3 Å². The number of rotatable bonds is 0. The molecule has 6 heteroatoms. The zero-order valence-corrected chi connectivity index (χ0v) is 35.9. The maximum absolute atomic E-state index is 3.12. The van der Waals surface area contributed by atoms with Gasteiger partial charge in [0.2, 0.25) is 0 Å². The normalized spacial score (nSPS) is 14.1. The van der Waals surface area contributed by atoms with Crippen LogP contribution in [0.15, 0.2) is 70.9 Å².